The van der Waals surface area contributed by atoms with E-state index in [4.69, 9.17) is 30.3 Å². The van der Waals surface area contributed by atoms with Crippen LogP contribution in [-0.2, 0) is 39.9 Å². The summed E-state index contributed by atoms with van der Waals surface area (Å²) < 4.78 is 21.5. The van der Waals surface area contributed by atoms with Gasteiger partial charge in [0.15, 0.2) is 6.49 Å². The van der Waals surface area contributed by atoms with Gasteiger partial charge in [0.1, 0.15) is 0 Å². The number of carbonyl (C=O) groups excluding carboxylic acids is 2. The Morgan fingerprint density at radius 1 is 1.16 bits per heavy atom. The zero-order valence-electron chi connectivity index (χ0n) is 15.4. The molecule has 2 saturated heterocycles. The van der Waals surface area contributed by atoms with Gasteiger partial charge in [-0.1, -0.05) is 0 Å². The van der Waals surface area contributed by atoms with Gasteiger partial charge in [0, 0.05) is 18.7 Å². The Bertz CT molecular complexity index is 531. The molecule has 2 aliphatic rings. The monoisotopic (exact) mass is 393 g/mol. The second-order valence-electron chi connectivity index (χ2n) is 6.34. The molecule has 2 fully saturated rings. The van der Waals surface area contributed by atoms with Crippen LogP contribution in [0.2, 0.25) is 0 Å². The first-order valence-electron chi connectivity index (χ1n) is 8.70. The van der Waals surface area contributed by atoms with Crippen molar-refractivity contribution >= 4 is 30.2 Å². The molecule has 0 bridgehead atoms. The van der Waals surface area contributed by atoms with E-state index in [1.165, 1.54) is 14.2 Å². The van der Waals surface area contributed by atoms with Crippen LogP contribution in [0.4, 0.5) is 0 Å². The maximum absolute atomic E-state index is 12.6. The summed E-state index contributed by atoms with van der Waals surface area (Å²) in [5.74, 6) is -1.09. The molecule has 0 amide bonds. The standard InChI is InChI=1S/C16H28NO6PS/c1-5-22-24(25,23-6-2)11-12-10-16(14(18)20-3,15(19)21-4)17-9-7-8-13(12)17/h12-13H,5-11H2,1-4H3/t12-,13+/m1/s1. The van der Waals surface area contributed by atoms with Gasteiger partial charge in [0.05, 0.1) is 27.4 Å². The molecule has 0 aromatic carbocycles. The second kappa shape index (κ2) is 8.44. The minimum absolute atomic E-state index is 0.0321. The number of esters is 2. The molecule has 0 saturated carbocycles. The molecule has 2 atom stereocenters. The Hall–Kier alpha value is -0.530. The molecule has 25 heavy (non-hydrogen) atoms. The van der Waals surface area contributed by atoms with Crippen molar-refractivity contribution in [2.75, 3.05) is 40.1 Å². The lowest BCUT2D eigenvalue weighted by Gasteiger charge is -2.32. The van der Waals surface area contributed by atoms with Crippen LogP contribution in [0.3, 0.4) is 0 Å². The van der Waals surface area contributed by atoms with E-state index in [2.05, 4.69) is 0 Å². The van der Waals surface area contributed by atoms with Gasteiger partial charge < -0.3 is 18.5 Å². The van der Waals surface area contributed by atoms with Crippen molar-refractivity contribution in [3.05, 3.63) is 0 Å². The summed E-state index contributed by atoms with van der Waals surface area (Å²) in [6, 6.07) is 0.0847. The maximum Gasteiger partial charge on any atom is 0.338 e. The molecule has 0 aromatic rings. The van der Waals surface area contributed by atoms with E-state index in [9.17, 15) is 9.59 Å². The maximum atomic E-state index is 12.6. The van der Waals surface area contributed by atoms with Crippen molar-refractivity contribution in [2.45, 2.75) is 44.7 Å². The van der Waals surface area contributed by atoms with Gasteiger partial charge in [-0.25, -0.2) is 9.59 Å². The minimum Gasteiger partial charge on any atom is -0.467 e. The van der Waals surface area contributed by atoms with Crippen molar-refractivity contribution < 1.29 is 28.1 Å². The Morgan fingerprint density at radius 2 is 1.72 bits per heavy atom. The summed E-state index contributed by atoms with van der Waals surface area (Å²) >= 11 is 5.68. The molecule has 0 unspecified atom stereocenters. The van der Waals surface area contributed by atoms with Gasteiger partial charge in [-0.2, -0.15) is 0 Å². The average Bonchev–Trinajstić information content (AvgIpc) is 3.17. The average molecular weight is 393 g/mol. The quantitative estimate of drug-likeness (QED) is 0.352. The molecule has 2 rings (SSSR count). The predicted octanol–water partition coefficient (Wildman–Crippen LogP) is 1.94. The van der Waals surface area contributed by atoms with Gasteiger partial charge in [0.25, 0.3) is 0 Å². The molecule has 0 spiro atoms. The number of nitrogens with zero attached hydrogens (tertiary/aromatic N) is 1. The summed E-state index contributed by atoms with van der Waals surface area (Å²) in [7, 11) is 2.60. The van der Waals surface area contributed by atoms with Gasteiger partial charge in [-0.3, -0.25) is 4.90 Å². The first kappa shape index (κ1) is 20.8. The van der Waals surface area contributed by atoms with E-state index in [1.54, 1.807) is 0 Å². The van der Waals surface area contributed by atoms with Crippen LogP contribution in [0, 0.1) is 5.92 Å². The normalized spacial score (nSPS) is 25.6. The van der Waals surface area contributed by atoms with E-state index in [0.717, 1.165) is 12.8 Å². The second-order valence-corrected chi connectivity index (χ2v) is 10.1. The minimum atomic E-state index is -2.45. The number of fused-ring (bicyclic) bond motifs is 1. The zero-order chi connectivity index (χ0) is 18.7. The summed E-state index contributed by atoms with van der Waals surface area (Å²) in [4.78, 5) is 27.1. The van der Waals surface area contributed by atoms with Crippen molar-refractivity contribution in [2.24, 2.45) is 5.92 Å². The molecule has 0 radical (unpaired) electrons. The molecule has 0 aromatic heterocycles. The van der Waals surface area contributed by atoms with E-state index in [1.807, 2.05) is 18.7 Å². The van der Waals surface area contributed by atoms with Gasteiger partial charge in [-0.05, 0) is 50.8 Å². The number of hydrogen-bond acceptors (Lipinski definition) is 8. The first-order valence-corrected chi connectivity index (χ1v) is 11.5. The van der Waals surface area contributed by atoms with E-state index in [0.29, 0.717) is 32.3 Å². The number of ether oxygens (including phenoxy) is 2. The fraction of sp³-hybridized carbons (Fsp3) is 0.875. The van der Waals surface area contributed by atoms with Crippen LogP contribution in [0.25, 0.3) is 0 Å². The summed E-state index contributed by atoms with van der Waals surface area (Å²) in [6.45, 7) is 2.97. The highest BCUT2D eigenvalue weighted by Gasteiger charge is 2.64. The Morgan fingerprint density at radius 3 is 2.20 bits per heavy atom. The van der Waals surface area contributed by atoms with Crippen molar-refractivity contribution in [3.8, 4) is 0 Å². The third-order valence-corrected chi connectivity index (χ3v) is 8.35. The first-order chi connectivity index (χ1) is 11.9. The molecule has 0 N–H and O–H groups in total. The van der Waals surface area contributed by atoms with Crippen molar-refractivity contribution in [1.29, 1.82) is 0 Å². The van der Waals surface area contributed by atoms with E-state index < -0.39 is 24.0 Å². The lowest BCUT2D eigenvalue weighted by Crippen LogP contribution is -2.58. The molecule has 0 aliphatic carbocycles. The molecular formula is C16H28NO6PS. The largest absolute Gasteiger partial charge is 0.467 e. The Labute approximate surface area is 154 Å². The number of hydrogen-bond donors (Lipinski definition) is 0. The van der Waals surface area contributed by atoms with Crippen LogP contribution < -0.4 is 0 Å². The highest BCUT2D eigenvalue weighted by Crippen LogP contribution is 2.55. The van der Waals surface area contributed by atoms with Crippen molar-refractivity contribution in [1.82, 2.24) is 4.90 Å². The highest BCUT2D eigenvalue weighted by atomic mass is 32.5. The smallest absolute Gasteiger partial charge is 0.338 e. The fourth-order valence-electron chi connectivity index (χ4n) is 4.22. The summed E-state index contributed by atoms with van der Waals surface area (Å²) in [5, 5.41) is 0. The SMILES string of the molecule is CCOP(=S)(C[C@H]1CC(C(=O)OC)(C(=O)OC)N2CCC[C@@H]12)OCC. The van der Waals surface area contributed by atoms with E-state index in [-0.39, 0.29) is 12.0 Å². The van der Waals surface area contributed by atoms with Crippen LogP contribution in [-0.4, -0.2) is 68.6 Å². The number of methoxy groups -OCH3 is 2. The van der Waals surface area contributed by atoms with Crippen molar-refractivity contribution in [3.63, 3.8) is 0 Å². The van der Waals surface area contributed by atoms with E-state index >= 15 is 0 Å². The van der Waals surface area contributed by atoms with Crippen LogP contribution in [0.5, 0.6) is 0 Å². The van der Waals surface area contributed by atoms with Crippen LogP contribution in [0.15, 0.2) is 0 Å². The molecule has 7 nitrogen and oxygen atoms in total. The number of rotatable bonds is 8. The molecule has 2 heterocycles. The summed E-state index contributed by atoms with van der Waals surface area (Å²) in [5.41, 5.74) is -1.38. The van der Waals surface area contributed by atoms with Crippen LogP contribution in [0.1, 0.15) is 33.1 Å². The Kier molecular flexibility index (Phi) is 7.01. The Balaban J connectivity index is 2.34. The van der Waals surface area contributed by atoms with Crippen LogP contribution >= 0.6 is 6.49 Å². The molecule has 144 valence electrons. The predicted molar refractivity (Wildman–Crippen MR) is 97.0 cm³/mol. The molecular weight excluding hydrogens is 365 g/mol. The summed E-state index contributed by atoms with van der Waals surface area (Å²) in [6.07, 6.45) is 2.70. The highest BCUT2D eigenvalue weighted by molar-refractivity contribution is 8.09. The van der Waals surface area contributed by atoms with Gasteiger partial charge >= 0.3 is 11.9 Å². The topological polar surface area (TPSA) is 74.3 Å². The molecule has 2 aliphatic heterocycles. The lowest BCUT2D eigenvalue weighted by atomic mass is 9.90. The third-order valence-electron chi connectivity index (χ3n) is 5.05. The van der Waals surface area contributed by atoms with Gasteiger partial charge in [0.2, 0.25) is 5.54 Å². The lowest BCUT2D eigenvalue weighted by molar-refractivity contribution is -0.170. The zero-order valence-corrected chi connectivity index (χ0v) is 17.1. The van der Waals surface area contributed by atoms with Gasteiger partial charge in [-0.15, -0.1) is 0 Å². The number of carbonyl (C=O) groups is 2. The fourth-order valence-corrected chi connectivity index (χ4v) is 7.45. The molecule has 9 heteroatoms. The third kappa shape index (κ3) is 3.78.